The summed E-state index contributed by atoms with van der Waals surface area (Å²) in [5.41, 5.74) is 1.72. The molecule has 2 aliphatic carbocycles. The predicted octanol–water partition coefficient (Wildman–Crippen LogP) is 2.50. The molecule has 0 bridgehead atoms. The second-order valence-corrected chi connectivity index (χ2v) is 5.16. The fourth-order valence-corrected chi connectivity index (χ4v) is 3.02. The van der Waals surface area contributed by atoms with Crippen LogP contribution in [0.2, 0.25) is 0 Å². The molecule has 2 aliphatic rings. The zero-order valence-electron chi connectivity index (χ0n) is 10.0. The van der Waals surface area contributed by atoms with E-state index in [0.717, 1.165) is 13.2 Å². The van der Waals surface area contributed by atoms with Crippen LogP contribution in [0.5, 0.6) is 0 Å². The van der Waals surface area contributed by atoms with Gasteiger partial charge in [-0.3, -0.25) is 0 Å². The zero-order chi connectivity index (χ0) is 10.9. The Morgan fingerprint density at radius 1 is 1.53 bits per heavy atom. The molecule has 0 radical (unpaired) electrons. The summed E-state index contributed by atoms with van der Waals surface area (Å²) in [6.45, 7) is 9.94. The number of ether oxygens (including phenoxy) is 1. The van der Waals surface area contributed by atoms with E-state index in [-0.39, 0.29) is 0 Å². The van der Waals surface area contributed by atoms with Gasteiger partial charge in [-0.1, -0.05) is 18.6 Å². The Morgan fingerprint density at radius 2 is 2.27 bits per heavy atom. The van der Waals surface area contributed by atoms with Crippen LogP contribution in [0.15, 0.2) is 12.2 Å². The van der Waals surface area contributed by atoms with Gasteiger partial charge in [0.2, 0.25) is 0 Å². The van der Waals surface area contributed by atoms with E-state index < -0.39 is 0 Å². The maximum Gasteiger partial charge on any atom is 0.0661 e. The minimum Gasteiger partial charge on any atom is -0.378 e. The lowest BCUT2D eigenvalue weighted by Crippen LogP contribution is -2.67. The molecule has 1 spiro atoms. The highest BCUT2D eigenvalue weighted by molar-refractivity contribution is 5.13. The molecule has 0 aromatic heterocycles. The molecule has 2 heteroatoms. The van der Waals surface area contributed by atoms with Crippen molar-refractivity contribution in [3.63, 3.8) is 0 Å². The lowest BCUT2D eigenvalue weighted by molar-refractivity contribution is -0.172. The molecule has 86 valence electrons. The van der Waals surface area contributed by atoms with Gasteiger partial charge in [0.15, 0.2) is 0 Å². The van der Waals surface area contributed by atoms with Crippen LogP contribution >= 0.6 is 0 Å². The Kier molecular flexibility index (Phi) is 3.17. The highest BCUT2D eigenvalue weighted by Crippen LogP contribution is 2.57. The Balaban J connectivity index is 1.85. The van der Waals surface area contributed by atoms with Gasteiger partial charge in [0.25, 0.3) is 0 Å². The van der Waals surface area contributed by atoms with Crippen LogP contribution in [0.3, 0.4) is 0 Å². The molecule has 0 aliphatic heterocycles. The highest BCUT2D eigenvalue weighted by atomic mass is 16.5. The summed E-state index contributed by atoms with van der Waals surface area (Å²) in [4.78, 5) is 0. The second kappa shape index (κ2) is 4.26. The van der Waals surface area contributed by atoms with Crippen molar-refractivity contribution < 1.29 is 4.74 Å². The third-order valence-electron chi connectivity index (χ3n) is 4.09. The molecule has 0 heterocycles. The van der Waals surface area contributed by atoms with Crippen molar-refractivity contribution in [2.75, 3.05) is 13.2 Å². The van der Waals surface area contributed by atoms with Crippen LogP contribution in [-0.4, -0.2) is 25.3 Å². The number of hydrogen-bond acceptors (Lipinski definition) is 2. The highest BCUT2D eigenvalue weighted by Gasteiger charge is 2.58. The Labute approximate surface area is 93.1 Å². The monoisotopic (exact) mass is 209 g/mol. The second-order valence-electron chi connectivity index (χ2n) is 5.16. The van der Waals surface area contributed by atoms with Crippen LogP contribution in [0, 0.1) is 5.41 Å². The van der Waals surface area contributed by atoms with E-state index >= 15 is 0 Å². The van der Waals surface area contributed by atoms with Crippen molar-refractivity contribution >= 4 is 0 Å². The number of rotatable bonds is 5. The summed E-state index contributed by atoms with van der Waals surface area (Å²) >= 11 is 0. The van der Waals surface area contributed by atoms with Crippen LogP contribution < -0.4 is 5.32 Å². The van der Waals surface area contributed by atoms with Gasteiger partial charge in [0, 0.05) is 24.6 Å². The normalized spacial score (nSPS) is 32.1. The fraction of sp³-hybridized carbons (Fsp3) is 0.846. The maximum atomic E-state index is 5.81. The van der Waals surface area contributed by atoms with E-state index in [9.17, 15) is 0 Å². The Hall–Kier alpha value is -0.340. The molecule has 1 N–H and O–H groups in total. The summed E-state index contributed by atoms with van der Waals surface area (Å²) in [5.74, 6) is 0. The SMILES string of the molecule is C=C(C)CNC1CC(OCC)C12CCC2. The van der Waals surface area contributed by atoms with E-state index in [1.165, 1.54) is 31.3 Å². The molecular weight excluding hydrogens is 186 g/mol. The van der Waals surface area contributed by atoms with E-state index in [0.29, 0.717) is 17.6 Å². The average Bonchev–Trinajstić information content (AvgIpc) is 2.06. The quantitative estimate of drug-likeness (QED) is 0.702. The third kappa shape index (κ3) is 1.85. The largest absolute Gasteiger partial charge is 0.378 e. The summed E-state index contributed by atoms with van der Waals surface area (Å²) in [7, 11) is 0. The Morgan fingerprint density at radius 3 is 2.73 bits per heavy atom. The summed E-state index contributed by atoms with van der Waals surface area (Å²) < 4.78 is 5.81. The fourth-order valence-electron chi connectivity index (χ4n) is 3.02. The van der Waals surface area contributed by atoms with Gasteiger partial charge in [-0.05, 0) is 33.1 Å². The smallest absolute Gasteiger partial charge is 0.0661 e. The van der Waals surface area contributed by atoms with Crippen molar-refractivity contribution in [1.29, 1.82) is 0 Å². The van der Waals surface area contributed by atoms with Gasteiger partial charge >= 0.3 is 0 Å². The third-order valence-corrected chi connectivity index (χ3v) is 4.09. The molecule has 2 nitrogen and oxygen atoms in total. The summed E-state index contributed by atoms with van der Waals surface area (Å²) in [6.07, 6.45) is 5.81. The van der Waals surface area contributed by atoms with E-state index in [1.54, 1.807) is 0 Å². The molecule has 0 aromatic carbocycles. The van der Waals surface area contributed by atoms with E-state index in [4.69, 9.17) is 4.74 Å². The summed E-state index contributed by atoms with van der Waals surface area (Å²) in [6, 6.07) is 0.680. The number of hydrogen-bond donors (Lipinski definition) is 1. The lowest BCUT2D eigenvalue weighted by Gasteiger charge is -2.61. The molecule has 2 saturated carbocycles. The van der Waals surface area contributed by atoms with Crippen molar-refractivity contribution in [2.24, 2.45) is 5.41 Å². The van der Waals surface area contributed by atoms with Gasteiger partial charge < -0.3 is 10.1 Å². The summed E-state index contributed by atoms with van der Waals surface area (Å²) in [5, 5.41) is 3.62. The topological polar surface area (TPSA) is 21.3 Å². The van der Waals surface area contributed by atoms with Crippen LogP contribution in [0.25, 0.3) is 0 Å². The predicted molar refractivity (Wildman–Crippen MR) is 62.9 cm³/mol. The first-order valence-corrected chi connectivity index (χ1v) is 6.18. The van der Waals surface area contributed by atoms with Crippen LogP contribution in [0.4, 0.5) is 0 Å². The molecule has 2 rings (SSSR count). The molecule has 2 atom stereocenters. The van der Waals surface area contributed by atoms with Gasteiger partial charge in [-0.15, -0.1) is 0 Å². The first-order chi connectivity index (χ1) is 7.19. The maximum absolute atomic E-state index is 5.81. The van der Waals surface area contributed by atoms with Crippen molar-refractivity contribution in [3.05, 3.63) is 12.2 Å². The first-order valence-electron chi connectivity index (χ1n) is 6.18. The van der Waals surface area contributed by atoms with Crippen molar-refractivity contribution in [1.82, 2.24) is 5.32 Å². The molecule has 2 unspecified atom stereocenters. The molecule has 0 saturated heterocycles. The molecule has 2 fully saturated rings. The minimum atomic E-state index is 0.492. The average molecular weight is 209 g/mol. The molecule has 0 amide bonds. The van der Waals surface area contributed by atoms with Gasteiger partial charge in [0.1, 0.15) is 0 Å². The van der Waals surface area contributed by atoms with Crippen LogP contribution in [0.1, 0.15) is 39.5 Å². The van der Waals surface area contributed by atoms with Gasteiger partial charge in [0.05, 0.1) is 6.10 Å². The molecule has 15 heavy (non-hydrogen) atoms. The van der Waals surface area contributed by atoms with Crippen molar-refractivity contribution in [2.45, 2.75) is 51.7 Å². The van der Waals surface area contributed by atoms with Crippen LogP contribution in [-0.2, 0) is 4.74 Å². The van der Waals surface area contributed by atoms with Gasteiger partial charge in [-0.2, -0.15) is 0 Å². The molecule has 0 aromatic rings. The lowest BCUT2D eigenvalue weighted by atomic mass is 9.51. The molecular formula is C13H23NO. The van der Waals surface area contributed by atoms with E-state index in [1.807, 2.05) is 0 Å². The van der Waals surface area contributed by atoms with Gasteiger partial charge in [-0.25, -0.2) is 0 Å². The Bertz CT molecular complexity index is 245. The zero-order valence-corrected chi connectivity index (χ0v) is 10.0. The van der Waals surface area contributed by atoms with Crippen molar-refractivity contribution in [3.8, 4) is 0 Å². The standard InChI is InChI=1S/C13H23NO/c1-4-15-12-8-11(14-9-10(2)3)13(12)6-5-7-13/h11-12,14H,2,4-9H2,1,3H3. The minimum absolute atomic E-state index is 0.492. The number of nitrogens with one attached hydrogen (secondary N) is 1. The van der Waals surface area contributed by atoms with E-state index in [2.05, 4.69) is 25.7 Å². The first kappa shape index (κ1) is 11.2.